The number of sulfonamides is 2. The normalized spacial score (nSPS) is 15.3. The number of pyridine rings is 1. The van der Waals surface area contributed by atoms with Crippen molar-refractivity contribution in [2.45, 2.75) is 23.6 Å². The summed E-state index contributed by atoms with van der Waals surface area (Å²) in [4.78, 5) is 41.5. The van der Waals surface area contributed by atoms with Crippen LogP contribution in [0.15, 0.2) is 115 Å². The summed E-state index contributed by atoms with van der Waals surface area (Å²) < 4.78 is 87.3. The minimum atomic E-state index is -4.21. The largest absolute Gasteiger partial charge is 0.505 e. The SMILES string of the molecule is CCOP(=O)(C/C=C/CN1c2c(oc(=O)n(-c3ccccn3)c2=O)-c2ccccc2S1(=O)=O)OCC.COC(=O)C1=C(O)c2ccccc2S(=O)(=O)N1. The van der Waals surface area contributed by atoms with E-state index in [4.69, 9.17) is 13.5 Å². The predicted octanol–water partition coefficient (Wildman–Crippen LogP) is 3.56. The summed E-state index contributed by atoms with van der Waals surface area (Å²) in [5.41, 5.74) is -1.53. The van der Waals surface area contributed by atoms with Crippen LogP contribution in [0.5, 0.6) is 0 Å². The van der Waals surface area contributed by atoms with Crippen molar-refractivity contribution in [2.24, 2.45) is 0 Å². The number of rotatable bonds is 10. The highest BCUT2D eigenvalue weighted by Crippen LogP contribution is 2.48. The number of allylic oxidation sites excluding steroid dienone is 1. The molecule has 4 heterocycles. The molecule has 280 valence electrons. The molecule has 0 unspecified atom stereocenters. The number of fused-ring (bicyclic) bond motifs is 4. The molecule has 2 aromatic heterocycles. The van der Waals surface area contributed by atoms with Gasteiger partial charge in [-0.3, -0.25) is 18.4 Å². The fraction of sp³-hybridized carbons (Fsp3) is 0.212. The Hall–Kier alpha value is -5.33. The number of aromatic nitrogens is 2. The summed E-state index contributed by atoms with van der Waals surface area (Å²) >= 11 is 0. The summed E-state index contributed by atoms with van der Waals surface area (Å²) in [6.07, 6.45) is 4.21. The first-order chi connectivity index (χ1) is 25.2. The van der Waals surface area contributed by atoms with Gasteiger partial charge in [-0.25, -0.2) is 31.4 Å². The van der Waals surface area contributed by atoms with Crippen molar-refractivity contribution in [2.75, 3.05) is 37.3 Å². The lowest BCUT2D eigenvalue weighted by Crippen LogP contribution is -2.43. The van der Waals surface area contributed by atoms with Crippen LogP contribution in [0.4, 0.5) is 5.69 Å². The van der Waals surface area contributed by atoms with Gasteiger partial charge in [0.2, 0.25) is 0 Å². The highest BCUT2D eigenvalue weighted by molar-refractivity contribution is 7.93. The molecule has 6 rings (SSSR count). The van der Waals surface area contributed by atoms with Gasteiger partial charge in [-0.05, 0) is 50.2 Å². The van der Waals surface area contributed by atoms with Crippen molar-refractivity contribution >= 4 is 45.1 Å². The van der Waals surface area contributed by atoms with E-state index < -0.39 is 56.4 Å². The number of nitrogens with one attached hydrogen (secondary N) is 1. The Kier molecular flexibility index (Phi) is 11.5. The third kappa shape index (κ3) is 7.74. The number of hydrogen-bond acceptors (Lipinski definition) is 14. The van der Waals surface area contributed by atoms with Gasteiger partial charge in [0, 0.05) is 17.3 Å². The second-order valence-corrected chi connectivity index (χ2v) is 16.4. The van der Waals surface area contributed by atoms with E-state index in [0.717, 1.165) is 11.4 Å². The van der Waals surface area contributed by atoms with Crippen molar-refractivity contribution < 1.29 is 49.5 Å². The van der Waals surface area contributed by atoms with Crippen LogP contribution in [0, 0.1) is 0 Å². The zero-order valence-corrected chi connectivity index (χ0v) is 30.9. The molecule has 0 spiro atoms. The van der Waals surface area contributed by atoms with E-state index in [1.165, 1.54) is 60.8 Å². The topological polar surface area (TPSA) is 231 Å². The number of benzene rings is 2. The van der Waals surface area contributed by atoms with Gasteiger partial charge in [0.1, 0.15) is 5.82 Å². The molecule has 2 N–H and O–H groups in total. The summed E-state index contributed by atoms with van der Waals surface area (Å²) in [7, 11) is -10.4. The lowest BCUT2D eigenvalue weighted by molar-refractivity contribution is -0.136. The van der Waals surface area contributed by atoms with Crippen LogP contribution in [-0.4, -0.2) is 70.5 Å². The van der Waals surface area contributed by atoms with Crippen LogP contribution in [0.2, 0.25) is 0 Å². The number of aliphatic hydroxyl groups is 1. The molecule has 0 atom stereocenters. The maximum Gasteiger partial charge on any atom is 0.428 e. The Labute approximate surface area is 303 Å². The molecule has 0 saturated carbocycles. The molecule has 53 heavy (non-hydrogen) atoms. The number of aliphatic hydroxyl groups excluding tert-OH is 1. The van der Waals surface area contributed by atoms with E-state index in [-0.39, 0.29) is 64.1 Å². The molecule has 20 heteroatoms. The predicted molar refractivity (Wildman–Crippen MR) is 192 cm³/mol. The number of carbonyl (C=O) groups excluding carboxylic acids is 1. The molecule has 2 aromatic carbocycles. The number of methoxy groups -OCH3 is 1. The van der Waals surface area contributed by atoms with Gasteiger partial charge in [-0.1, -0.05) is 42.5 Å². The summed E-state index contributed by atoms with van der Waals surface area (Å²) in [5, 5.41) is 9.81. The van der Waals surface area contributed by atoms with E-state index in [1.807, 2.05) is 4.72 Å². The monoisotopic (exact) mass is 788 g/mol. The standard InChI is InChI=1S/C23H24N3O8PS.C10H9NO5S/c1-3-32-35(29,33-4-2)16-10-9-15-25-20-21(17-11-5-6-12-18(17)36(25,30)31)34-23(28)26(22(20)27)19-13-7-8-14-24-19;1-16-10(13)8-9(12)6-4-2-3-5-7(6)17(14,15)11-8/h5-14H,3-4,15-16H2,1-2H3;2-5,11-12H,1H3/b10-9+;. The molecule has 0 amide bonds. The van der Waals surface area contributed by atoms with Crippen molar-refractivity contribution in [3.63, 3.8) is 0 Å². The minimum absolute atomic E-state index is 0.0137. The Balaban J connectivity index is 0.000000265. The van der Waals surface area contributed by atoms with Crippen LogP contribution in [0.25, 0.3) is 22.9 Å². The highest BCUT2D eigenvalue weighted by Gasteiger charge is 2.39. The first-order valence-corrected chi connectivity index (χ1v) is 20.4. The molecule has 0 radical (unpaired) electrons. The summed E-state index contributed by atoms with van der Waals surface area (Å²) in [5.74, 6) is -2.57. The number of carbonyl (C=O) groups is 1. The van der Waals surface area contributed by atoms with Crippen LogP contribution >= 0.6 is 7.60 Å². The summed E-state index contributed by atoms with van der Waals surface area (Å²) in [6, 6.07) is 16.4. The summed E-state index contributed by atoms with van der Waals surface area (Å²) in [6.45, 7) is 3.44. The van der Waals surface area contributed by atoms with Gasteiger partial charge in [0.05, 0.1) is 42.8 Å². The van der Waals surface area contributed by atoms with Gasteiger partial charge in [-0.2, -0.15) is 4.57 Å². The van der Waals surface area contributed by atoms with Crippen LogP contribution in [-0.2, 0) is 43.2 Å². The van der Waals surface area contributed by atoms with Crippen molar-refractivity contribution in [3.8, 4) is 17.1 Å². The number of esters is 1. The van der Waals surface area contributed by atoms with Crippen LogP contribution in [0.1, 0.15) is 19.4 Å². The van der Waals surface area contributed by atoms with Crippen molar-refractivity contribution in [1.82, 2.24) is 14.3 Å². The van der Waals surface area contributed by atoms with Crippen molar-refractivity contribution in [1.29, 1.82) is 0 Å². The van der Waals surface area contributed by atoms with E-state index >= 15 is 0 Å². The lowest BCUT2D eigenvalue weighted by atomic mass is 10.1. The Bertz CT molecular complexity index is 2490. The molecule has 0 bridgehead atoms. The van der Waals surface area contributed by atoms with E-state index in [0.29, 0.717) is 4.57 Å². The van der Waals surface area contributed by atoms with Gasteiger partial charge >= 0.3 is 19.3 Å². The first kappa shape index (κ1) is 38.9. The molecule has 0 aliphatic carbocycles. The van der Waals surface area contributed by atoms with Gasteiger partial charge in [-0.15, -0.1) is 0 Å². The molecule has 2 aliphatic heterocycles. The second-order valence-electron chi connectivity index (χ2n) is 10.8. The zero-order valence-electron chi connectivity index (χ0n) is 28.4. The quantitative estimate of drug-likeness (QED) is 0.133. The number of nitrogens with zero attached hydrogens (tertiary/aromatic N) is 3. The smallest absolute Gasteiger partial charge is 0.428 e. The number of ether oxygens (including phenoxy) is 1. The fourth-order valence-corrected chi connectivity index (χ4v) is 9.64. The maximum atomic E-state index is 13.6. The third-order valence-corrected chi connectivity index (χ3v) is 12.7. The van der Waals surface area contributed by atoms with Crippen LogP contribution in [0.3, 0.4) is 0 Å². The molecule has 0 fully saturated rings. The van der Waals surface area contributed by atoms with Crippen LogP contribution < -0.4 is 20.3 Å². The third-order valence-electron chi connectivity index (χ3n) is 7.53. The number of hydrogen-bond donors (Lipinski definition) is 2. The van der Waals surface area contributed by atoms with E-state index in [1.54, 1.807) is 38.1 Å². The minimum Gasteiger partial charge on any atom is -0.505 e. The first-order valence-electron chi connectivity index (χ1n) is 15.7. The number of anilines is 1. The second kappa shape index (κ2) is 15.7. The van der Waals surface area contributed by atoms with Gasteiger partial charge < -0.3 is 23.3 Å². The molecular formula is C33H33N4O13PS2. The Morgan fingerprint density at radius 1 is 0.925 bits per heavy atom. The maximum absolute atomic E-state index is 13.6. The van der Waals surface area contributed by atoms with Crippen molar-refractivity contribution in [3.05, 3.63) is 117 Å². The Morgan fingerprint density at radius 3 is 2.17 bits per heavy atom. The Morgan fingerprint density at radius 2 is 1.55 bits per heavy atom. The lowest BCUT2D eigenvalue weighted by Gasteiger charge is -2.29. The highest BCUT2D eigenvalue weighted by atomic mass is 32.2. The zero-order chi connectivity index (χ0) is 38.6. The molecule has 2 aliphatic rings. The fourth-order valence-electron chi connectivity index (χ4n) is 5.28. The van der Waals surface area contributed by atoms with E-state index in [2.05, 4.69) is 9.72 Å². The molecular weight excluding hydrogens is 755 g/mol. The van der Waals surface area contributed by atoms with Gasteiger partial charge in [0.25, 0.3) is 25.6 Å². The average molecular weight is 789 g/mol. The molecule has 4 aromatic rings. The molecule has 17 nitrogen and oxygen atoms in total. The van der Waals surface area contributed by atoms with E-state index in [9.17, 15) is 40.9 Å². The average Bonchev–Trinajstić information content (AvgIpc) is 3.14. The van der Waals surface area contributed by atoms with Gasteiger partial charge in [0.15, 0.2) is 22.9 Å². The molecule has 0 saturated heterocycles.